The molecule has 0 spiro atoms. The molecule has 116 valence electrons. The van der Waals surface area contributed by atoms with Crippen LogP contribution in [-0.4, -0.2) is 12.5 Å². The lowest BCUT2D eigenvalue weighted by Crippen LogP contribution is -2.13. The van der Waals surface area contributed by atoms with Gasteiger partial charge in [-0.3, -0.25) is 4.79 Å². The molecule has 0 bridgehead atoms. The number of nitrogens with one attached hydrogen (secondary N) is 1. The van der Waals surface area contributed by atoms with Crippen LogP contribution in [0.5, 0.6) is 5.75 Å². The first-order valence-electron chi connectivity index (χ1n) is 7.46. The van der Waals surface area contributed by atoms with Gasteiger partial charge in [-0.25, -0.2) is 0 Å². The van der Waals surface area contributed by atoms with Crippen LogP contribution in [-0.2, 0) is 11.2 Å². The monoisotopic (exact) mass is 298 g/mol. The average Bonchev–Trinajstić information content (AvgIpc) is 2.51. The highest BCUT2D eigenvalue weighted by Gasteiger charge is 2.06. The molecule has 0 aliphatic rings. The zero-order chi connectivity index (χ0) is 15.9. The van der Waals surface area contributed by atoms with E-state index in [0.29, 0.717) is 25.1 Å². The summed E-state index contributed by atoms with van der Waals surface area (Å²) in [5, 5.41) is 2.91. The van der Waals surface area contributed by atoms with E-state index < -0.39 is 0 Å². The Bertz CT molecular complexity index is 636. The molecule has 0 aliphatic heterocycles. The third-order valence-corrected chi connectivity index (χ3v) is 3.41. The second kappa shape index (κ2) is 7.50. The van der Waals surface area contributed by atoms with Crippen molar-refractivity contribution in [2.24, 2.45) is 0 Å². The molecule has 1 amide bonds. The molecule has 2 aromatic rings. The Morgan fingerprint density at radius 3 is 2.59 bits per heavy atom. The lowest BCUT2D eigenvalue weighted by Gasteiger charge is -2.09. The van der Waals surface area contributed by atoms with Crippen LogP contribution >= 0.6 is 0 Å². The van der Waals surface area contributed by atoms with Gasteiger partial charge < -0.3 is 15.8 Å². The van der Waals surface area contributed by atoms with Gasteiger partial charge in [0.15, 0.2) is 0 Å². The summed E-state index contributed by atoms with van der Waals surface area (Å²) >= 11 is 0. The first-order valence-corrected chi connectivity index (χ1v) is 7.46. The maximum Gasteiger partial charge on any atom is 0.224 e. The van der Waals surface area contributed by atoms with Crippen molar-refractivity contribution in [3.05, 3.63) is 53.6 Å². The fourth-order valence-electron chi connectivity index (χ4n) is 2.16. The van der Waals surface area contributed by atoms with Crippen molar-refractivity contribution in [1.82, 2.24) is 0 Å². The molecule has 0 aliphatic carbocycles. The van der Waals surface area contributed by atoms with Gasteiger partial charge in [0, 0.05) is 17.8 Å². The van der Waals surface area contributed by atoms with Crippen LogP contribution in [0.15, 0.2) is 42.5 Å². The van der Waals surface area contributed by atoms with Gasteiger partial charge >= 0.3 is 0 Å². The topological polar surface area (TPSA) is 64.3 Å². The van der Waals surface area contributed by atoms with E-state index in [9.17, 15) is 4.79 Å². The van der Waals surface area contributed by atoms with Gasteiger partial charge in [-0.1, -0.05) is 18.2 Å². The second-order valence-electron chi connectivity index (χ2n) is 5.20. The Labute approximate surface area is 131 Å². The van der Waals surface area contributed by atoms with Gasteiger partial charge in [0.05, 0.1) is 6.61 Å². The average molecular weight is 298 g/mol. The van der Waals surface area contributed by atoms with Crippen molar-refractivity contribution in [2.45, 2.75) is 26.7 Å². The fraction of sp³-hybridized carbons (Fsp3) is 0.278. The summed E-state index contributed by atoms with van der Waals surface area (Å²) in [6.45, 7) is 4.55. The predicted octanol–water partition coefficient (Wildman–Crippen LogP) is 3.55. The van der Waals surface area contributed by atoms with E-state index >= 15 is 0 Å². The van der Waals surface area contributed by atoms with Crippen LogP contribution in [0, 0.1) is 6.92 Å². The number of hydrogen-bond donors (Lipinski definition) is 2. The number of benzene rings is 2. The van der Waals surface area contributed by atoms with Gasteiger partial charge in [0.25, 0.3) is 0 Å². The molecule has 0 heterocycles. The molecule has 0 aromatic heterocycles. The van der Waals surface area contributed by atoms with Crippen LogP contribution in [0.4, 0.5) is 11.4 Å². The Hall–Kier alpha value is -2.49. The van der Waals surface area contributed by atoms with Crippen LogP contribution in [0.3, 0.4) is 0 Å². The van der Waals surface area contributed by atoms with E-state index in [1.54, 1.807) is 6.07 Å². The van der Waals surface area contributed by atoms with Crippen LogP contribution in [0.2, 0.25) is 0 Å². The van der Waals surface area contributed by atoms with E-state index in [1.165, 1.54) is 0 Å². The summed E-state index contributed by atoms with van der Waals surface area (Å²) in [5.41, 5.74) is 9.28. The molecule has 0 atom stereocenters. The molecule has 0 saturated carbocycles. The minimum Gasteiger partial charge on any atom is -0.494 e. The summed E-state index contributed by atoms with van der Waals surface area (Å²) in [6.07, 6.45) is 1.13. The number of anilines is 2. The van der Waals surface area contributed by atoms with E-state index in [2.05, 4.69) is 5.32 Å². The Morgan fingerprint density at radius 1 is 1.18 bits per heavy atom. The highest BCUT2D eigenvalue weighted by atomic mass is 16.5. The Morgan fingerprint density at radius 2 is 1.91 bits per heavy atom. The number of aryl methyl sites for hydroxylation is 2. The molecule has 22 heavy (non-hydrogen) atoms. The molecule has 4 heteroatoms. The smallest absolute Gasteiger partial charge is 0.224 e. The van der Waals surface area contributed by atoms with E-state index in [4.69, 9.17) is 10.5 Å². The van der Waals surface area contributed by atoms with Crippen molar-refractivity contribution in [2.75, 3.05) is 17.7 Å². The number of nitrogen functional groups attached to an aromatic ring is 1. The SMILES string of the molecule is CCOc1ccc(CCC(=O)Nc2cc(N)ccc2C)cc1. The molecule has 3 N–H and O–H groups in total. The molecule has 0 radical (unpaired) electrons. The lowest BCUT2D eigenvalue weighted by atomic mass is 10.1. The molecule has 2 rings (SSSR count). The van der Waals surface area contributed by atoms with Crippen molar-refractivity contribution in [3.8, 4) is 5.75 Å². The highest BCUT2D eigenvalue weighted by molar-refractivity contribution is 5.92. The number of nitrogens with two attached hydrogens (primary N) is 1. The summed E-state index contributed by atoms with van der Waals surface area (Å²) in [6, 6.07) is 13.3. The quantitative estimate of drug-likeness (QED) is 0.802. The highest BCUT2D eigenvalue weighted by Crippen LogP contribution is 2.19. The lowest BCUT2D eigenvalue weighted by molar-refractivity contribution is -0.116. The van der Waals surface area contributed by atoms with E-state index in [-0.39, 0.29) is 5.91 Å². The van der Waals surface area contributed by atoms with E-state index in [0.717, 1.165) is 22.6 Å². The Kier molecular flexibility index (Phi) is 5.42. The van der Waals surface area contributed by atoms with Gasteiger partial charge in [0.1, 0.15) is 5.75 Å². The minimum absolute atomic E-state index is 0.0115. The number of carbonyl (C=O) groups excluding carboxylic acids is 1. The van der Waals surface area contributed by atoms with Crippen molar-refractivity contribution in [3.63, 3.8) is 0 Å². The van der Waals surface area contributed by atoms with Gasteiger partial charge in [-0.05, 0) is 55.7 Å². The van der Waals surface area contributed by atoms with Gasteiger partial charge in [-0.2, -0.15) is 0 Å². The first-order chi connectivity index (χ1) is 10.6. The second-order valence-corrected chi connectivity index (χ2v) is 5.20. The Balaban J connectivity index is 1.88. The molecular formula is C18H22N2O2. The van der Waals surface area contributed by atoms with Crippen molar-refractivity contribution in [1.29, 1.82) is 0 Å². The molecular weight excluding hydrogens is 276 g/mol. The zero-order valence-corrected chi connectivity index (χ0v) is 13.1. The van der Waals surface area contributed by atoms with Crippen molar-refractivity contribution < 1.29 is 9.53 Å². The number of hydrogen-bond acceptors (Lipinski definition) is 3. The summed E-state index contributed by atoms with van der Waals surface area (Å²) < 4.78 is 5.40. The summed E-state index contributed by atoms with van der Waals surface area (Å²) in [4.78, 5) is 12.0. The van der Waals surface area contributed by atoms with Crippen LogP contribution < -0.4 is 15.8 Å². The molecule has 0 saturated heterocycles. The first kappa shape index (κ1) is 15.9. The maximum absolute atomic E-state index is 12.0. The van der Waals surface area contributed by atoms with Gasteiger partial charge in [-0.15, -0.1) is 0 Å². The van der Waals surface area contributed by atoms with Crippen molar-refractivity contribution >= 4 is 17.3 Å². The minimum atomic E-state index is -0.0115. The largest absolute Gasteiger partial charge is 0.494 e. The summed E-state index contributed by atoms with van der Waals surface area (Å²) in [5.74, 6) is 0.841. The van der Waals surface area contributed by atoms with Crippen LogP contribution in [0.25, 0.3) is 0 Å². The standard InChI is InChI=1S/C18H22N2O2/c1-3-22-16-9-5-14(6-10-16)7-11-18(21)20-17-12-15(19)8-4-13(17)2/h4-6,8-10,12H,3,7,11,19H2,1-2H3,(H,20,21). The summed E-state index contributed by atoms with van der Waals surface area (Å²) in [7, 11) is 0. The zero-order valence-electron chi connectivity index (χ0n) is 13.1. The number of ether oxygens (including phenoxy) is 1. The number of carbonyl (C=O) groups is 1. The third kappa shape index (κ3) is 4.52. The molecule has 4 nitrogen and oxygen atoms in total. The number of rotatable bonds is 6. The molecule has 2 aromatic carbocycles. The normalized spacial score (nSPS) is 10.3. The predicted molar refractivity (Wildman–Crippen MR) is 90.2 cm³/mol. The molecule has 0 unspecified atom stereocenters. The third-order valence-electron chi connectivity index (χ3n) is 3.41. The van der Waals surface area contributed by atoms with Gasteiger partial charge in [0.2, 0.25) is 5.91 Å². The van der Waals surface area contributed by atoms with E-state index in [1.807, 2.05) is 50.2 Å². The van der Waals surface area contributed by atoms with Crippen LogP contribution in [0.1, 0.15) is 24.5 Å². The maximum atomic E-state index is 12.0. The fourth-order valence-corrected chi connectivity index (χ4v) is 2.16. The molecule has 0 fully saturated rings. The number of amides is 1.